The second kappa shape index (κ2) is 10.7. The number of hydrazine groups is 1. The quantitative estimate of drug-likeness (QED) is 0.242. The summed E-state index contributed by atoms with van der Waals surface area (Å²) in [5.74, 6) is 1.61. The monoisotopic (exact) mass is 541 g/mol. The van der Waals surface area contributed by atoms with Crippen molar-refractivity contribution in [1.82, 2.24) is 20.2 Å². The molecule has 2 heterocycles. The Hall–Kier alpha value is -2.77. The van der Waals surface area contributed by atoms with Gasteiger partial charge < -0.3 is 14.2 Å². The summed E-state index contributed by atoms with van der Waals surface area (Å²) in [4.78, 5) is 0. The van der Waals surface area contributed by atoms with Crippen LogP contribution in [0.5, 0.6) is 5.75 Å². The molecule has 1 atom stereocenters. The minimum Gasteiger partial charge on any atom is -0.383 e. The van der Waals surface area contributed by atoms with Crippen molar-refractivity contribution >= 4 is 27.6 Å². The lowest BCUT2D eigenvalue weighted by Gasteiger charge is -2.16. The highest BCUT2D eigenvalue weighted by molar-refractivity contribution is 7.99. The highest BCUT2D eigenvalue weighted by Crippen LogP contribution is 2.31. The smallest absolute Gasteiger partial charge is 0.383 e. The van der Waals surface area contributed by atoms with Crippen LogP contribution in [0.3, 0.4) is 0 Å². The van der Waals surface area contributed by atoms with Crippen molar-refractivity contribution in [3.8, 4) is 17.1 Å². The Kier molecular flexibility index (Phi) is 7.81. The number of nitrogens with zero attached hydrogens (tertiary/aromatic N) is 3. The lowest BCUT2D eigenvalue weighted by molar-refractivity contribution is -0.137. The fourth-order valence-corrected chi connectivity index (χ4v) is 5.24. The number of halogens is 3. The third kappa shape index (κ3) is 6.71. The molecule has 36 heavy (non-hydrogen) atoms. The van der Waals surface area contributed by atoms with E-state index in [-0.39, 0.29) is 6.04 Å². The average molecular weight is 542 g/mol. The number of thioether (sulfide) groups is 1. The van der Waals surface area contributed by atoms with Crippen LogP contribution < -0.4 is 15.0 Å². The van der Waals surface area contributed by atoms with Crippen LogP contribution in [0.25, 0.3) is 11.4 Å². The van der Waals surface area contributed by atoms with E-state index in [1.54, 1.807) is 41.6 Å². The fourth-order valence-electron chi connectivity index (χ4n) is 3.92. The Balaban J connectivity index is 1.27. The maximum absolute atomic E-state index is 12.8. The molecule has 2 aromatic carbocycles. The molecule has 8 nitrogen and oxygen atoms in total. The molecule has 3 aromatic rings. The van der Waals surface area contributed by atoms with Crippen molar-refractivity contribution in [2.24, 2.45) is 7.05 Å². The summed E-state index contributed by atoms with van der Waals surface area (Å²) in [7, 11) is -1.78. The Morgan fingerprint density at radius 2 is 1.92 bits per heavy atom. The van der Waals surface area contributed by atoms with Crippen LogP contribution in [-0.4, -0.2) is 41.2 Å². The summed E-state index contributed by atoms with van der Waals surface area (Å²) in [6.45, 7) is 0. The molecule has 0 saturated heterocycles. The highest BCUT2D eigenvalue weighted by atomic mass is 32.2. The fraction of sp³-hybridized carbons (Fsp3) is 0.391. The van der Waals surface area contributed by atoms with Gasteiger partial charge in [0.15, 0.2) is 11.0 Å². The second-order valence-corrected chi connectivity index (χ2v) is 11.2. The molecule has 0 radical (unpaired) electrons. The van der Waals surface area contributed by atoms with Crippen LogP contribution in [0.15, 0.2) is 47.6 Å². The van der Waals surface area contributed by atoms with E-state index in [0.717, 1.165) is 61.1 Å². The first kappa shape index (κ1) is 26.3. The SMILES string of the molecule is Cn1c(SCCCC2CCc3cc(OS(C)(=O)=O)ccc3NN2)nnc1-c1ccc(C(F)(F)F)cc1. The van der Waals surface area contributed by atoms with Gasteiger partial charge in [0.25, 0.3) is 0 Å². The molecular weight excluding hydrogens is 515 g/mol. The standard InChI is InChI=1S/C23H26F3N5O3S2/c1-31-21(15-5-8-17(9-6-15)23(24,25)26)29-30-22(31)35-13-3-4-18-10-7-16-14-19(34-36(2,32)33)11-12-20(16)28-27-18/h5-6,8-9,11-12,14,18,27-28H,3-4,7,10,13H2,1-2H3. The number of hydrogen-bond acceptors (Lipinski definition) is 8. The lowest BCUT2D eigenvalue weighted by Crippen LogP contribution is -2.32. The predicted octanol–water partition coefficient (Wildman–Crippen LogP) is 4.64. The van der Waals surface area contributed by atoms with E-state index in [4.69, 9.17) is 4.18 Å². The molecule has 194 valence electrons. The van der Waals surface area contributed by atoms with Crippen molar-refractivity contribution in [3.05, 3.63) is 53.6 Å². The van der Waals surface area contributed by atoms with Crippen LogP contribution in [0.2, 0.25) is 0 Å². The van der Waals surface area contributed by atoms with Crippen molar-refractivity contribution in [2.45, 2.75) is 43.1 Å². The summed E-state index contributed by atoms with van der Waals surface area (Å²) >= 11 is 1.55. The summed E-state index contributed by atoms with van der Waals surface area (Å²) < 4.78 is 67.9. The molecule has 2 N–H and O–H groups in total. The first-order valence-electron chi connectivity index (χ1n) is 11.2. The van der Waals surface area contributed by atoms with Crippen LogP contribution in [0, 0.1) is 0 Å². The number of fused-ring (bicyclic) bond motifs is 1. The van der Waals surface area contributed by atoms with Gasteiger partial charge in [-0.15, -0.1) is 10.2 Å². The van der Waals surface area contributed by atoms with Crippen molar-refractivity contribution in [2.75, 3.05) is 17.4 Å². The average Bonchev–Trinajstić information content (AvgIpc) is 3.04. The van der Waals surface area contributed by atoms with E-state index in [9.17, 15) is 21.6 Å². The van der Waals surface area contributed by atoms with Gasteiger partial charge in [0, 0.05) is 24.4 Å². The molecule has 0 amide bonds. The van der Waals surface area contributed by atoms with Gasteiger partial charge in [-0.05, 0) is 61.6 Å². The van der Waals surface area contributed by atoms with E-state index in [2.05, 4.69) is 21.0 Å². The molecule has 0 spiro atoms. The van der Waals surface area contributed by atoms with Crippen LogP contribution in [-0.2, 0) is 29.8 Å². The molecule has 0 saturated carbocycles. The topological polar surface area (TPSA) is 98.1 Å². The maximum atomic E-state index is 12.8. The van der Waals surface area contributed by atoms with Gasteiger partial charge in [-0.3, -0.25) is 0 Å². The Labute approximate surface area is 211 Å². The molecular formula is C23H26F3N5O3S2. The number of aromatic nitrogens is 3. The van der Waals surface area contributed by atoms with Crippen LogP contribution >= 0.6 is 11.8 Å². The van der Waals surface area contributed by atoms with Crippen molar-refractivity contribution in [1.29, 1.82) is 0 Å². The Morgan fingerprint density at radius 1 is 1.17 bits per heavy atom. The largest absolute Gasteiger partial charge is 0.416 e. The van der Waals surface area contributed by atoms with Gasteiger partial charge >= 0.3 is 16.3 Å². The highest BCUT2D eigenvalue weighted by Gasteiger charge is 2.30. The maximum Gasteiger partial charge on any atom is 0.416 e. The first-order chi connectivity index (χ1) is 17.0. The molecule has 0 bridgehead atoms. The second-order valence-electron chi connectivity index (χ2n) is 8.54. The zero-order valence-corrected chi connectivity index (χ0v) is 21.3. The normalized spacial score (nSPS) is 16.2. The minimum absolute atomic E-state index is 0.222. The summed E-state index contributed by atoms with van der Waals surface area (Å²) in [5, 5.41) is 9.04. The van der Waals surface area contributed by atoms with E-state index >= 15 is 0 Å². The molecule has 0 fully saturated rings. The van der Waals surface area contributed by atoms with Gasteiger partial charge in [0.2, 0.25) is 0 Å². The van der Waals surface area contributed by atoms with Gasteiger partial charge in [-0.1, -0.05) is 23.9 Å². The predicted molar refractivity (Wildman–Crippen MR) is 132 cm³/mol. The van der Waals surface area contributed by atoms with E-state index in [1.807, 2.05) is 0 Å². The van der Waals surface area contributed by atoms with E-state index in [0.29, 0.717) is 22.3 Å². The van der Waals surface area contributed by atoms with Crippen molar-refractivity contribution in [3.63, 3.8) is 0 Å². The van der Waals surface area contributed by atoms with Crippen LogP contribution in [0.4, 0.5) is 18.9 Å². The summed E-state index contributed by atoms with van der Waals surface area (Å²) in [6, 6.07) is 10.3. The number of rotatable bonds is 8. The number of alkyl halides is 3. The van der Waals surface area contributed by atoms with Crippen LogP contribution in [0.1, 0.15) is 30.4 Å². The zero-order valence-electron chi connectivity index (χ0n) is 19.7. The molecule has 0 aliphatic carbocycles. The van der Waals surface area contributed by atoms with Gasteiger partial charge in [-0.2, -0.15) is 21.6 Å². The number of aryl methyl sites for hydroxylation is 1. The van der Waals surface area contributed by atoms with E-state index < -0.39 is 21.9 Å². The molecule has 1 unspecified atom stereocenters. The number of anilines is 1. The Morgan fingerprint density at radius 3 is 2.61 bits per heavy atom. The van der Waals surface area contributed by atoms with Gasteiger partial charge in [-0.25, -0.2) is 5.43 Å². The van der Waals surface area contributed by atoms with Crippen molar-refractivity contribution < 1.29 is 25.8 Å². The third-order valence-corrected chi connectivity index (χ3v) is 7.33. The molecule has 1 aliphatic heterocycles. The summed E-state index contributed by atoms with van der Waals surface area (Å²) in [5.41, 5.74) is 8.28. The van der Waals surface area contributed by atoms with Gasteiger partial charge in [0.05, 0.1) is 17.5 Å². The zero-order chi connectivity index (χ0) is 25.9. The first-order valence-corrected chi connectivity index (χ1v) is 14.0. The third-order valence-electron chi connectivity index (χ3n) is 5.73. The van der Waals surface area contributed by atoms with E-state index in [1.165, 1.54) is 12.1 Å². The lowest BCUT2D eigenvalue weighted by atomic mass is 10.0. The molecule has 13 heteroatoms. The Bertz CT molecular complexity index is 1310. The molecule has 4 rings (SSSR count). The summed E-state index contributed by atoms with van der Waals surface area (Å²) in [6.07, 6.45) is 0.0983. The molecule has 1 aromatic heterocycles. The number of benzene rings is 2. The molecule has 1 aliphatic rings. The minimum atomic E-state index is -4.38. The number of hydrogen-bond donors (Lipinski definition) is 2. The van der Waals surface area contributed by atoms with Gasteiger partial charge in [0.1, 0.15) is 5.75 Å². The number of nitrogens with one attached hydrogen (secondary N) is 2.